The monoisotopic (exact) mass is 205 g/mol. The summed E-state index contributed by atoms with van der Waals surface area (Å²) in [4.78, 5) is 6.47. The van der Waals surface area contributed by atoms with Crippen molar-refractivity contribution in [2.45, 2.75) is 31.8 Å². The molecule has 15 heavy (non-hydrogen) atoms. The van der Waals surface area contributed by atoms with Crippen molar-refractivity contribution < 1.29 is 0 Å². The summed E-state index contributed by atoms with van der Waals surface area (Å²) < 4.78 is 0. The van der Waals surface area contributed by atoms with Crippen molar-refractivity contribution in [2.24, 2.45) is 0 Å². The number of pyridine rings is 1. The van der Waals surface area contributed by atoms with Crippen LogP contribution in [-0.2, 0) is 0 Å². The van der Waals surface area contributed by atoms with Gasteiger partial charge in [-0.1, -0.05) is 0 Å². The molecule has 0 spiro atoms. The highest BCUT2D eigenvalue weighted by atomic mass is 15.2. The van der Waals surface area contributed by atoms with E-state index in [1.54, 1.807) is 0 Å². The predicted molar refractivity (Wildman–Crippen MR) is 63.1 cm³/mol. The molecule has 1 aliphatic heterocycles. The Kier molecular flexibility index (Phi) is 2.65. The number of aromatic nitrogens is 1. The zero-order chi connectivity index (χ0) is 10.9. The fraction of sp³-hybridized carbons (Fsp3) is 0.583. The van der Waals surface area contributed by atoms with E-state index in [-0.39, 0.29) is 5.54 Å². The van der Waals surface area contributed by atoms with Crippen LogP contribution in [0.3, 0.4) is 0 Å². The maximum Gasteiger partial charge on any atom is 0.0553 e. The standard InChI is InChI=1S/C12H19N3/c1-12(2)7-11(9-14-12)15(3)10-5-4-6-13-8-10/h4-6,8,11,14H,7,9H2,1-3H3. The molecule has 1 aromatic rings. The summed E-state index contributed by atoms with van der Waals surface area (Å²) >= 11 is 0. The van der Waals surface area contributed by atoms with Crippen LogP contribution in [0.4, 0.5) is 5.69 Å². The van der Waals surface area contributed by atoms with E-state index in [1.165, 1.54) is 12.1 Å². The molecule has 0 radical (unpaired) electrons. The average molecular weight is 205 g/mol. The molecule has 3 nitrogen and oxygen atoms in total. The molecule has 0 aliphatic carbocycles. The fourth-order valence-corrected chi connectivity index (χ4v) is 2.17. The van der Waals surface area contributed by atoms with Gasteiger partial charge in [-0.3, -0.25) is 4.98 Å². The van der Waals surface area contributed by atoms with Crippen molar-refractivity contribution in [3.05, 3.63) is 24.5 Å². The zero-order valence-corrected chi connectivity index (χ0v) is 9.70. The molecule has 3 heteroatoms. The summed E-state index contributed by atoms with van der Waals surface area (Å²) in [6.45, 7) is 5.56. The molecular weight excluding hydrogens is 186 g/mol. The van der Waals surface area contributed by atoms with E-state index >= 15 is 0 Å². The quantitative estimate of drug-likeness (QED) is 0.796. The number of hydrogen-bond donors (Lipinski definition) is 1. The Morgan fingerprint density at radius 2 is 2.33 bits per heavy atom. The van der Waals surface area contributed by atoms with E-state index < -0.39 is 0 Å². The number of hydrogen-bond acceptors (Lipinski definition) is 3. The van der Waals surface area contributed by atoms with Crippen molar-refractivity contribution >= 4 is 5.69 Å². The van der Waals surface area contributed by atoms with Gasteiger partial charge in [-0.25, -0.2) is 0 Å². The summed E-state index contributed by atoms with van der Waals surface area (Å²) in [6, 6.07) is 4.67. The fourth-order valence-electron chi connectivity index (χ4n) is 2.17. The first-order valence-corrected chi connectivity index (χ1v) is 5.46. The lowest BCUT2D eigenvalue weighted by molar-refractivity contribution is 0.454. The Bertz CT molecular complexity index is 321. The van der Waals surface area contributed by atoms with Crippen LogP contribution in [0.2, 0.25) is 0 Å². The van der Waals surface area contributed by atoms with Crippen LogP contribution >= 0.6 is 0 Å². The van der Waals surface area contributed by atoms with Crippen molar-refractivity contribution in [1.29, 1.82) is 0 Å². The molecule has 2 rings (SSSR count). The molecule has 1 unspecified atom stereocenters. The highest BCUT2D eigenvalue weighted by molar-refractivity contribution is 5.44. The van der Waals surface area contributed by atoms with Gasteiger partial charge in [0.1, 0.15) is 0 Å². The highest BCUT2D eigenvalue weighted by Gasteiger charge is 2.32. The van der Waals surface area contributed by atoms with E-state index in [4.69, 9.17) is 0 Å². The lowest BCUT2D eigenvalue weighted by Crippen LogP contribution is -2.33. The van der Waals surface area contributed by atoms with Gasteiger partial charge < -0.3 is 10.2 Å². The van der Waals surface area contributed by atoms with Crippen LogP contribution in [0.25, 0.3) is 0 Å². The normalized spacial score (nSPS) is 24.1. The van der Waals surface area contributed by atoms with Crippen molar-refractivity contribution in [2.75, 3.05) is 18.5 Å². The number of likely N-dealkylation sites (N-methyl/N-ethyl adjacent to an activating group) is 1. The van der Waals surface area contributed by atoms with Crippen LogP contribution in [0, 0.1) is 0 Å². The predicted octanol–water partition coefficient (Wildman–Crippen LogP) is 1.66. The van der Waals surface area contributed by atoms with E-state index in [1.807, 2.05) is 18.5 Å². The van der Waals surface area contributed by atoms with E-state index in [2.05, 4.69) is 42.2 Å². The summed E-state index contributed by atoms with van der Waals surface area (Å²) in [5.74, 6) is 0. The highest BCUT2D eigenvalue weighted by Crippen LogP contribution is 2.24. The van der Waals surface area contributed by atoms with E-state index in [0.717, 1.165) is 6.54 Å². The lowest BCUT2D eigenvalue weighted by atomic mass is 10.0. The number of nitrogens with one attached hydrogen (secondary N) is 1. The third kappa shape index (κ3) is 2.29. The Hall–Kier alpha value is -1.09. The van der Waals surface area contributed by atoms with Crippen molar-refractivity contribution in [3.63, 3.8) is 0 Å². The molecule has 1 saturated heterocycles. The van der Waals surface area contributed by atoms with Gasteiger partial charge in [0.25, 0.3) is 0 Å². The van der Waals surface area contributed by atoms with Crippen LogP contribution in [0.15, 0.2) is 24.5 Å². The van der Waals surface area contributed by atoms with Gasteiger partial charge in [0, 0.05) is 31.4 Å². The summed E-state index contributed by atoms with van der Waals surface area (Å²) in [5, 5.41) is 3.53. The molecule has 1 fully saturated rings. The number of anilines is 1. The lowest BCUT2D eigenvalue weighted by Gasteiger charge is -2.26. The largest absolute Gasteiger partial charge is 0.369 e. The molecule has 1 aliphatic rings. The van der Waals surface area contributed by atoms with Crippen LogP contribution in [0.1, 0.15) is 20.3 Å². The topological polar surface area (TPSA) is 28.2 Å². The number of nitrogens with zero attached hydrogens (tertiary/aromatic N) is 2. The van der Waals surface area contributed by atoms with Gasteiger partial charge in [-0.15, -0.1) is 0 Å². The molecular formula is C12H19N3. The Morgan fingerprint density at radius 1 is 1.53 bits per heavy atom. The van der Waals surface area contributed by atoms with Gasteiger partial charge in [-0.05, 0) is 32.4 Å². The SMILES string of the molecule is CN(c1cccnc1)C1CNC(C)(C)C1. The molecule has 2 heterocycles. The third-order valence-electron chi connectivity index (χ3n) is 3.16. The van der Waals surface area contributed by atoms with Crippen LogP contribution < -0.4 is 10.2 Å². The third-order valence-corrected chi connectivity index (χ3v) is 3.16. The Morgan fingerprint density at radius 3 is 2.87 bits per heavy atom. The minimum Gasteiger partial charge on any atom is -0.369 e. The summed E-state index contributed by atoms with van der Waals surface area (Å²) in [5.41, 5.74) is 1.46. The molecule has 0 amide bonds. The Balaban J connectivity index is 2.07. The molecule has 1 aromatic heterocycles. The molecule has 1 N–H and O–H groups in total. The van der Waals surface area contributed by atoms with Gasteiger partial charge in [-0.2, -0.15) is 0 Å². The first kappa shape index (κ1) is 10.4. The minimum absolute atomic E-state index is 0.265. The molecule has 0 aromatic carbocycles. The molecule has 0 saturated carbocycles. The van der Waals surface area contributed by atoms with Crippen LogP contribution in [0.5, 0.6) is 0 Å². The van der Waals surface area contributed by atoms with Gasteiger partial charge in [0.05, 0.1) is 11.9 Å². The van der Waals surface area contributed by atoms with E-state index in [0.29, 0.717) is 6.04 Å². The molecule has 1 atom stereocenters. The average Bonchev–Trinajstić information content (AvgIpc) is 2.59. The minimum atomic E-state index is 0.265. The molecule has 0 bridgehead atoms. The second-order valence-electron chi connectivity index (χ2n) is 4.94. The van der Waals surface area contributed by atoms with Gasteiger partial charge in [0.15, 0.2) is 0 Å². The maximum absolute atomic E-state index is 4.15. The first-order chi connectivity index (χ1) is 7.08. The Labute approximate surface area is 91.5 Å². The second-order valence-corrected chi connectivity index (χ2v) is 4.94. The number of rotatable bonds is 2. The summed E-state index contributed by atoms with van der Waals surface area (Å²) in [7, 11) is 2.14. The smallest absolute Gasteiger partial charge is 0.0553 e. The van der Waals surface area contributed by atoms with Gasteiger partial charge >= 0.3 is 0 Å². The molecule has 82 valence electrons. The zero-order valence-electron chi connectivity index (χ0n) is 9.70. The van der Waals surface area contributed by atoms with Crippen molar-refractivity contribution in [3.8, 4) is 0 Å². The van der Waals surface area contributed by atoms with Gasteiger partial charge in [0.2, 0.25) is 0 Å². The second kappa shape index (κ2) is 3.81. The van der Waals surface area contributed by atoms with E-state index in [9.17, 15) is 0 Å². The van der Waals surface area contributed by atoms with Crippen LogP contribution in [-0.4, -0.2) is 30.2 Å². The summed E-state index contributed by atoms with van der Waals surface area (Å²) in [6.07, 6.45) is 4.91. The van der Waals surface area contributed by atoms with Crippen molar-refractivity contribution in [1.82, 2.24) is 10.3 Å². The maximum atomic E-state index is 4.15. The first-order valence-electron chi connectivity index (χ1n) is 5.46.